The van der Waals surface area contributed by atoms with Crippen molar-refractivity contribution in [3.63, 3.8) is 0 Å². The highest BCUT2D eigenvalue weighted by molar-refractivity contribution is 9.10. The molecular formula is C24H21BrN2O3. The summed E-state index contributed by atoms with van der Waals surface area (Å²) in [6.07, 6.45) is 0. The third-order valence-corrected chi connectivity index (χ3v) is 5.12. The summed E-state index contributed by atoms with van der Waals surface area (Å²) in [6, 6.07) is 21.0. The molecule has 1 N–H and O–H groups in total. The fourth-order valence-corrected chi connectivity index (χ4v) is 3.54. The van der Waals surface area contributed by atoms with Crippen molar-refractivity contribution in [3.8, 4) is 0 Å². The van der Waals surface area contributed by atoms with Gasteiger partial charge in [0.15, 0.2) is 5.78 Å². The average Bonchev–Trinajstić information content (AvgIpc) is 2.75. The summed E-state index contributed by atoms with van der Waals surface area (Å²) in [7, 11) is 1.54. The maximum atomic E-state index is 13.0. The lowest BCUT2D eigenvalue weighted by Crippen LogP contribution is -2.35. The lowest BCUT2D eigenvalue weighted by atomic mass is 9.97. The summed E-state index contributed by atoms with van der Waals surface area (Å²) < 4.78 is 0.921. The fourth-order valence-electron chi connectivity index (χ4n) is 3.06. The number of carbonyl (C=O) groups excluding carboxylic acids is 3. The molecule has 0 spiro atoms. The van der Waals surface area contributed by atoms with Crippen molar-refractivity contribution in [2.45, 2.75) is 6.92 Å². The van der Waals surface area contributed by atoms with Crippen molar-refractivity contribution in [1.29, 1.82) is 0 Å². The highest BCUT2D eigenvalue weighted by Crippen LogP contribution is 2.20. The van der Waals surface area contributed by atoms with Gasteiger partial charge in [0.1, 0.15) is 0 Å². The highest BCUT2D eigenvalue weighted by atomic mass is 79.9. The number of halogens is 1. The quantitative estimate of drug-likeness (QED) is 0.537. The van der Waals surface area contributed by atoms with E-state index in [0.29, 0.717) is 16.8 Å². The van der Waals surface area contributed by atoms with Crippen molar-refractivity contribution in [2.75, 3.05) is 18.9 Å². The topological polar surface area (TPSA) is 66.5 Å². The number of hydrogen-bond donors (Lipinski definition) is 1. The molecule has 0 atom stereocenters. The number of ketones is 1. The van der Waals surface area contributed by atoms with Crippen molar-refractivity contribution in [3.05, 3.63) is 99.5 Å². The second kappa shape index (κ2) is 9.50. The molecule has 0 aliphatic heterocycles. The molecule has 0 heterocycles. The van der Waals surface area contributed by atoms with E-state index in [2.05, 4.69) is 21.2 Å². The number of rotatable bonds is 6. The highest BCUT2D eigenvalue weighted by Gasteiger charge is 2.22. The van der Waals surface area contributed by atoms with Crippen LogP contribution in [0.4, 0.5) is 5.69 Å². The summed E-state index contributed by atoms with van der Waals surface area (Å²) in [5.41, 5.74) is 2.67. The Bertz CT molecular complexity index is 1100. The Hall–Kier alpha value is -3.25. The van der Waals surface area contributed by atoms with E-state index >= 15 is 0 Å². The molecule has 30 heavy (non-hydrogen) atoms. The zero-order chi connectivity index (χ0) is 21.7. The van der Waals surface area contributed by atoms with Crippen LogP contribution in [0.15, 0.2) is 77.3 Å². The lowest BCUT2D eigenvalue weighted by molar-refractivity contribution is -0.116. The molecule has 5 nitrogen and oxygen atoms in total. The molecule has 6 heteroatoms. The minimum atomic E-state index is -0.391. The standard InChI is InChI=1S/C24H21BrN2O3/c1-16-14-18(25)12-13-21(16)26-22(28)15-27(2)24(30)20-11-7-6-10-19(20)23(29)17-8-4-3-5-9-17/h3-14H,15H2,1-2H3,(H,26,28). The van der Waals surface area contributed by atoms with Crippen LogP contribution < -0.4 is 5.32 Å². The van der Waals surface area contributed by atoms with Gasteiger partial charge in [-0.15, -0.1) is 0 Å². The van der Waals surface area contributed by atoms with Gasteiger partial charge in [-0.2, -0.15) is 0 Å². The van der Waals surface area contributed by atoms with E-state index in [1.54, 1.807) is 61.6 Å². The number of benzene rings is 3. The van der Waals surface area contributed by atoms with Gasteiger partial charge in [-0.1, -0.05) is 64.5 Å². The smallest absolute Gasteiger partial charge is 0.254 e. The van der Waals surface area contributed by atoms with Crippen LogP contribution >= 0.6 is 15.9 Å². The van der Waals surface area contributed by atoms with Crippen molar-refractivity contribution in [2.24, 2.45) is 0 Å². The summed E-state index contributed by atoms with van der Waals surface area (Å²) >= 11 is 3.39. The van der Waals surface area contributed by atoms with E-state index in [1.807, 2.05) is 25.1 Å². The van der Waals surface area contributed by atoms with Gasteiger partial charge in [0.25, 0.3) is 5.91 Å². The van der Waals surface area contributed by atoms with E-state index in [9.17, 15) is 14.4 Å². The van der Waals surface area contributed by atoms with Gasteiger partial charge in [-0.25, -0.2) is 0 Å². The minimum Gasteiger partial charge on any atom is -0.332 e. The molecule has 3 aromatic rings. The predicted molar refractivity (Wildman–Crippen MR) is 121 cm³/mol. The molecule has 152 valence electrons. The van der Waals surface area contributed by atoms with Gasteiger partial charge in [0, 0.05) is 28.3 Å². The number of carbonyl (C=O) groups is 3. The SMILES string of the molecule is Cc1cc(Br)ccc1NC(=O)CN(C)C(=O)c1ccccc1C(=O)c1ccccc1. The molecule has 0 saturated carbocycles. The minimum absolute atomic E-state index is 0.137. The Labute approximate surface area is 183 Å². The monoisotopic (exact) mass is 464 g/mol. The molecule has 3 aromatic carbocycles. The number of hydrogen-bond acceptors (Lipinski definition) is 3. The average molecular weight is 465 g/mol. The number of aryl methyl sites for hydroxylation is 1. The third kappa shape index (κ3) is 5.02. The van der Waals surface area contributed by atoms with Crippen LogP contribution in [0, 0.1) is 6.92 Å². The van der Waals surface area contributed by atoms with Crippen LogP contribution in [0.1, 0.15) is 31.8 Å². The van der Waals surface area contributed by atoms with Crippen LogP contribution in [-0.2, 0) is 4.79 Å². The van der Waals surface area contributed by atoms with E-state index in [4.69, 9.17) is 0 Å². The maximum absolute atomic E-state index is 13.0. The molecule has 0 saturated heterocycles. The first-order chi connectivity index (χ1) is 14.4. The number of nitrogens with zero attached hydrogens (tertiary/aromatic N) is 1. The molecule has 3 rings (SSSR count). The van der Waals surface area contributed by atoms with E-state index < -0.39 is 5.91 Å². The van der Waals surface area contributed by atoms with Gasteiger partial charge < -0.3 is 10.2 Å². The summed E-state index contributed by atoms with van der Waals surface area (Å²) in [4.78, 5) is 39.6. The molecule has 0 aliphatic carbocycles. The van der Waals surface area contributed by atoms with Gasteiger partial charge in [0.05, 0.1) is 12.1 Å². The Morgan fingerprint density at radius 2 is 1.53 bits per heavy atom. The summed E-state index contributed by atoms with van der Waals surface area (Å²) in [5.74, 6) is -0.941. The first kappa shape index (κ1) is 21.5. The first-order valence-corrected chi connectivity index (χ1v) is 10.2. The summed E-state index contributed by atoms with van der Waals surface area (Å²) in [6.45, 7) is 1.75. The number of nitrogens with one attached hydrogen (secondary N) is 1. The predicted octanol–water partition coefficient (Wildman–Crippen LogP) is 4.70. The van der Waals surface area contributed by atoms with Crippen molar-refractivity contribution in [1.82, 2.24) is 4.90 Å². The van der Waals surface area contributed by atoms with E-state index in [-0.39, 0.29) is 23.8 Å². The number of likely N-dealkylation sites (N-methyl/N-ethyl adjacent to an activating group) is 1. The third-order valence-electron chi connectivity index (χ3n) is 4.63. The molecule has 0 aliphatic rings. The maximum Gasteiger partial charge on any atom is 0.254 e. The molecule has 0 aromatic heterocycles. The van der Waals surface area contributed by atoms with E-state index in [0.717, 1.165) is 10.0 Å². The van der Waals surface area contributed by atoms with Crippen LogP contribution in [0.5, 0.6) is 0 Å². The van der Waals surface area contributed by atoms with Gasteiger partial charge in [-0.3, -0.25) is 14.4 Å². The summed E-state index contributed by atoms with van der Waals surface area (Å²) in [5, 5.41) is 2.82. The Morgan fingerprint density at radius 3 is 2.20 bits per heavy atom. The zero-order valence-corrected chi connectivity index (χ0v) is 18.3. The number of anilines is 1. The largest absolute Gasteiger partial charge is 0.332 e. The second-order valence-corrected chi connectivity index (χ2v) is 7.83. The molecule has 0 unspecified atom stereocenters. The normalized spacial score (nSPS) is 10.4. The van der Waals surface area contributed by atoms with Crippen LogP contribution in [-0.4, -0.2) is 36.1 Å². The fraction of sp³-hybridized carbons (Fsp3) is 0.125. The Balaban J connectivity index is 1.75. The van der Waals surface area contributed by atoms with E-state index in [1.165, 1.54) is 4.90 Å². The zero-order valence-electron chi connectivity index (χ0n) is 16.7. The molecule has 2 amide bonds. The van der Waals surface area contributed by atoms with Crippen LogP contribution in [0.2, 0.25) is 0 Å². The Kier molecular flexibility index (Phi) is 6.79. The Morgan fingerprint density at radius 1 is 0.900 bits per heavy atom. The van der Waals surface area contributed by atoms with Gasteiger partial charge in [-0.05, 0) is 36.8 Å². The molecule has 0 bridgehead atoms. The molecule has 0 radical (unpaired) electrons. The van der Waals surface area contributed by atoms with Crippen LogP contribution in [0.3, 0.4) is 0 Å². The molecule has 0 fully saturated rings. The van der Waals surface area contributed by atoms with Gasteiger partial charge in [0.2, 0.25) is 5.91 Å². The number of amides is 2. The van der Waals surface area contributed by atoms with Crippen molar-refractivity contribution >= 4 is 39.2 Å². The van der Waals surface area contributed by atoms with Crippen LogP contribution in [0.25, 0.3) is 0 Å². The van der Waals surface area contributed by atoms with Gasteiger partial charge >= 0.3 is 0 Å². The lowest BCUT2D eigenvalue weighted by Gasteiger charge is -2.19. The first-order valence-electron chi connectivity index (χ1n) is 9.37. The van der Waals surface area contributed by atoms with Crippen molar-refractivity contribution < 1.29 is 14.4 Å². The second-order valence-electron chi connectivity index (χ2n) is 6.91. The molecular weight excluding hydrogens is 444 g/mol.